The minimum Gasteiger partial charge on any atom is -0.508 e. The summed E-state index contributed by atoms with van der Waals surface area (Å²) in [4.78, 5) is 137. The van der Waals surface area contributed by atoms with Crippen molar-refractivity contribution >= 4 is 59.2 Å². The summed E-state index contributed by atoms with van der Waals surface area (Å²) in [6, 6.07) is 9.67. The Labute approximate surface area is 458 Å². The molecule has 0 aromatic heterocycles. The molecule has 1 aliphatic heterocycles. The third kappa shape index (κ3) is 19.8. The molecule has 0 spiro atoms. The molecule has 3 aromatic carbocycles. The Bertz CT molecular complexity index is 2580. The van der Waals surface area contributed by atoms with Crippen molar-refractivity contribution < 1.29 is 73.5 Å². The van der Waals surface area contributed by atoms with E-state index in [9.17, 15) is 73.5 Å². The normalized spacial score (nSPS) is 17.0. The van der Waals surface area contributed by atoms with Gasteiger partial charge in [-0.3, -0.25) is 43.2 Å². The number of aliphatic carboxylic acids is 2. The van der Waals surface area contributed by atoms with Gasteiger partial charge < -0.3 is 73.4 Å². The number of carboxylic acid groups (broad SMARTS) is 2. The number of aromatic hydroxyl groups is 1. The number of amides is 8. The summed E-state index contributed by atoms with van der Waals surface area (Å²) < 4.78 is 0. The Hall–Kier alpha value is -7.96. The van der Waals surface area contributed by atoms with Gasteiger partial charge >= 0.3 is 11.9 Å². The van der Waals surface area contributed by atoms with E-state index in [0.29, 0.717) is 11.1 Å². The van der Waals surface area contributed by atoms with Gasteiger partial charge in [-0.15, -0.1) is 0 Å². The Morgan fingerprint density at radius 1 is 0.544 bits per heavy atom. The lowest BCUT2D eigenvalue weighted by molar-refractivity contribution is -0.146. The van der Waals surface area contributed by atoms with Crippen LogP contribution in [-0.2, 0) is 67.2 Å². The van der Waals surface area contributed by atoms with E-state index in [1.165, 1.54) is 24.3 Å². The SMILES string of the molecule is CC(C)C[C@H](NC(=O)[C@@H](N)Cc1ccccc1)C(=O)N[C@@H](Cc1ccccc1)C(=O)N[C@@H](CC(=O)O)C(=O)N1CCC[C@H]1C(=O)N[C@H](C(=O)N[C@H](C(=O)N[C@@H](Cc1ccc(O)cc1)C(=O)N[C@H](C(=O)O)C(C)C)[C@@H](C)O)[C@@H](C)O. The molecular weight excluding hydrogens is 1030 g/mol. The second-order valence-corrected chi connectivity index (χ2v) is 20.5. The van der Waals surface area contributed by atoms with Gasteiger partial charge in [-0.2, -0.15) is 0 Å². The van der Waals surface area contributed by atoms with Crippen LogP contribution in [0, 0.1) is 11.8 Å². The van der Waals surface area contributed by atoms with Crippen LogP contribution in [0.3, 0.4) is 0 Å². The van der Waals surface area contributed by atoms with Crippen LogP contribution < -0.4 is 43.0 Å². The lowest BCUT2D eigenvalue weighted by Crippen LogP contribution is -2.63. The van der Waals surface area contributed by atoms with Crippen molar-refractivity contribution in [1.82, 2.24) is 42.1 Å². The average Bonchev–Trinajstić information content (AvgIpc) is 3.90. The highest BCUT2D eigenvalue weighted by molar-refractivity contribution is 5.99. The molecule has 3 aromatic rings. The van der Waals surface area contributed by atoms with Crippen molar-refractivity contribution in [3.8, 4) is 5.75 Å². The van der Waals surface area contributed by atoms with Crippen molar-refractivity contribution in [3.05, 3.63) is 102 Å². The number of benzene rings is 3. The van der Waals surface area contributed by atoms with Gasteiger partial charge in [0.1, 0.15) is 54.1 Å². The average molecular weight is 1100 g/mol. The third-order valence-electron chi connectivity index (χ3n) is 13.1. The smallest absolute Gasteiger partial charge is 0.326 e. The predicted octanol–water partition coefficient (Wildman–Crippen LogP) is -0.845. The number of nitrogens with zero attached hydrogens (tertiary/aromatic N) is 1. The fourth-order valence-corrected chi connectivity index (χ4v) is 8.83. The second kappa shape index (κ2) is 30.3. The molecule has 79 heavy (non-hydrogen) atoms. The van der Waals surface area contributed by atoms with E-state index in [-0.39, 0.29) is 56.7 Å². The van der Waals surface area contributed by atoms with Gasteiger partial charge in [0.15, 0.2) is 0 Å². The van der Waals surface area contributed by atoms with Crippen molar-refractivity contribution in [3.63, 3.8) is 0 Å². The summed E-state index contributed by atoms with van der Waals surface area (Å²) in [5, 5.41) is 68.4. The number of nitrogens with one attached hydrogen (secondary N) is 7. The molecule has 1 heterocycles. The zero-order valence-electron chi connectivity index (χ0n) is 45.1. The first-order valence-corrected chi connectivity index (χ1v) is 26.1. The quantitative estimate of drug-likeness (QED) is 0.0403. The van der Waals surface area contributed by atoms with Crippen molar-refractivity contribution in [2.24, 2.45) is 17.6 Å². The summed E-state index contributed by atoms with van der Waals surface area (Å²) >= 11 is 0. The van der Waals surface area contributed by atoms with E-state index in [4.69, 9.17) is 5.73 Å². The molecule has 430 valence electrons. The molecule has 0 saturated carbocycles. The third-order valence-corrected chi connectivity index (χ3v) is 13.1. The van der Waals surface area contributed by atoms with Gasteiger partial charge in [0.25, 0.3) is 0 Å². The maximum atomic E-state index is 14.4. The highest BCUT2D eigenvalue weighted by Gasteiger charge is 2.42. The Morgan fingerprint density at radius 3 is 1.49 bits per heavy atom. The van der Waals surface area contributed by atoms with Gasteiger partial charge in [0.05, 0.1) is 24.7 Å². The molecule has 24 heteroatoms. The minimum atomic E-state index is -1.85. The van der Waals surface area contributed by atoms with Gasteiger partial charge in [-0.05, 0) is 80.2 Å². The number of likely N-dealkylation sites (tertiary alicyclic amines) is 1. The number of phenols is 1. The molecule has 0 aliphatic carbocycles. The molecule has 24 nitrogen and oxygen atoms in total. The summed E-state index contributed by atoms with van der Waals surface area (Å²) in [5.41, 5.74) is 8.03. The predicted molar refractivity (Wildman–Crippen MR) is 286 cm³/mol. The maximum Gasteiger partial charge on any atom is 0.326 e. The summed E-state index contributed by atoms with van der Waals surface area (Å²) in [5.74, 6) is -11.3. The molecule has 0 bridgehead atoms. The molecule has 1 fully saturated rings. The number of aliphatic hydroxyl groups is 2. The van der Waals surface area contributed by atoms with Crippen LogP contribution >= 0.6 is 0 Å². The summed E-state index contributed by atoms with van der Waals surface area (Å²) in [6.45, 7) is 8.91. The van der Waals surface area contributed by atoms with Crippen LogP contribution in [0.15, 0.2) is 84.9 Å². The van der Waals surface area contributed by atoms with Gasteiger partial charge in [0.2, 0.25) is 47.3 Å². The van der Waals surface area contributed by atoms with Crippen LogP contribution in [0.25, 0.3) is 0 Å². The molecule has 11 atom stereocenters. The standard InChI is InChI=1S/C55H75N9O15/c1-29(2)24-38(57-47(70)37(56)25-33-14-9-7-10-15-33)48(71)58-39(26-34-16-11-8-12-17-34)49(72)60-41(28-43(68)69)54(77)64-23-13-18-42(64)51(74)62-46(32(6)66)53(76)63-45(31(5)65)52(75)59-40(27-35-19-21-36(67)22-20-35)50(73)61-44(30(3)4)55(78)79/h7-12,14-17,19-22,29-32,37-42,44-46,65-67H,13,18,23-28,56H2,1-6H3,(H,57,70)(H,58,71)(H,59,75)(H,60,72)(H,61,73)(H,62,74)(H,63,76)(H,68,69)(H,78,79)/t31-,32-,37+,38+,39+,40+,41+,42+,44+,45+,46+/m1/s1. The van der Waals surface area contributed by atoms with Crippen molar-refractivity contribution in [2.45, 2.75) is 153 Å². The Morgan fingerprint density at radius 2 is 0.987 bits per heavy atom. The first-order valence-electron chi connectivity index (χ1n) is 26.1. The molecule has 1 saturated heterocycles. The topological polar surface area (TPSA) is 385 Å². The monoisotopic (exact) mass is 1100 g/mol. The molecule has 1 aliphatic rings. The van der Waals surface area contributed by atoms with Crippen molar-refractivity contribution in [2.75, 3.05) is 6.54 Å². The highest BCUT2D eigenvalue weighted by atomic mass is 16.4. The van der Waals surface area contributed by atoms with Gasteiger partial charge in [-0.1, -0.05) is 100 Å². The largest absolute Gasteiger partial charge is 0.508 e. The first kappa shape index (κ1) is 63.6. The van der Waals surface area contributed by atoms with E-state index in [2.05, 4.69) is 37.2 Å². The lowest BCUT2D eigenvalue weighted by atomic mass is 9.99. The fourth-order valence-electron chi connectivity index (χ4n) is 8.83. The highest BCUT2D eigenvalue weighted by Crippen LogP contribution is 2.21. The van der Waals surface area contributed by atoms with Gasteiger partial charge in [0, 0.05) is 19.4 Å². The van der Waals surface area contributed by atoms with E-state index >= 15 is 0 Å². The number of carboxylic acids is 2. The van der Waals surface area contributed by atoms with E-state index in [1.807, 2.05) is 19.9 Å². The van der Waals surface area contributed by atoms with Gasteiger partial charge in [-0.25, -0.2) is 4.79 Å². The molecule has 4 rings (SSSR count). The number of carbonyl (C=O) groups excluding carboxylic acids is 8. The zero-order valence-corrected chi connectivity index (χ0v) is 45.1. The number of hydrogen-bond acceptors (Lipinski definition) is 14. The number of nitrogens with two attached hydrogens (primary N) is 1. The number of aliphatic hydroxyl groups excluding tert-OH is 2. The number of phenolic OH excluding ortho intramolecular Hbond substituents is 1. The lowest BCUT2D eigenvalue weighted by Gasteiger charge is -2.31. The fraction of sp³-hybridized carbons (Fsp3) is 0.491. The molecule has 0 radical (unpaired) electrons. The maximum absolute atomic E-state index is 14.4. The zero-order chi connectivity index (χ0) is 58.7. The Kier molecular flexibility index (Phi) is 24.3. The van der Waals surface area contributed by atoms with E-state index < -0.39 is 138 Å². The minimum absolute atomic E-state index is 0.0210. The van der Waals surface area contributed by atoms with Crippen LogP contribution in [0.2, 0.25) is 0 Å². The molecule has 14 N–H and O–H groups in total. The van der Waals surface area contributed by atoms with Crippen molar-refractivity contribution in [1.29, 1.82) is 0 Å². The molecular formula is C55H75N9O15. The summed E-state index contributed by atoms with van der Waals surface area (Å²) in [6.07, 6.45) is -4.21. The number of carbonyl (C=O) groups is 10. The molecule has 8 amide bonds. The van der Waals surface area contributed by atoms with Crippen LogP contribution in [-0.4, -0.2) is 163 Å². The van der Waals surface area contributed by atoms with Crippen LogP contribution in [0.5, 0.6) is 5.75 Å². The first-order chi connectivity index (χ1) is 37.2. The number of rotatable bonds is 29. The van der Waals surface area contributed by atoms with Crippen LogP contribution in [0.1, 0.15) is 83.9 Å². The van der Waals surface area contributed by atoms with E-state index in [0.717, 1.165) is 24.3 Å². The second-order valence-electron chi connectivity index (χ2n) is 20.5. The molecule has 0 unspecified atom stereocenters. The Balaban J connectivity index is 1.52. The number of hydrogen-bond donors (Lipinski definition) is 13. The summed E-state index contributed by atoms with van der Waals surface area (Å²) in [7, 11) is 0. The van der Waals surface area contributed by atoms with Crippen LogP contribution in [0.4, 0.5) is 0 Å². The van der Waals surface area contributed by atoms with E-state index in [1.54, 1.807) is 68.4 Å².